The van der Waals surface area contributed by atoms with Gasteiger partial charge in [-0.05, 0) is 30.3 Å². The summed E-state index contributed by atoms with van der Waals surface area (Å²) >= 11 is 8.29. The van der Waals surface area contributed by atoms with Crippen molar-refractivity contribution in [3.05, 3.63) is 47.4 Å². The van der Waals surface area contributed by atoms with Gasteiger partial charge in [-0.2, -0.15) is 0 Å². The first-order valence-corrected chi connectivity index (χ1v) is 8.38. The molecule has 2 aromatic heterocycles. The third kappa shape index (κ3) is 3.73. The van der Waals surface area contributed by atoms with E-state index in [0.717, 1.165) is 0 Å². The molecule has 1 amide bonds. The number of halogens is 2. The van der Waals surface area contributed by atoms with Crippen molar-refractivity contribution in [2.75, 3.05) is 11.1 Å². The van der Waals surface area contributed by atoms with Crippen LogP contribution in [-0.2, 0) is 4.79 Å². The Hall–Kier alpha value is -1.70. The molecule has 3 rings (SSSR count). The van der Waals surface area contributed by atoms with Crippen LogP contribution >= 0.6 is 34.7 Å². The minimum Gasteiger partial charge on any atom is -0.301 e. The molecule has 0 bridgehead atoms. The zero-order chi connectivity index (χ0) is 15.5. The molecule has 0 saturated heterocycles. The molecule has 2 heterocycles. The number of aromatic nitrogens is 2. The van der Waals surface area contributed by atoms with Crippen LogP contribution in [0.15, 0.2) is 41.6 Å². The molecule has 0 fully saturated rings. The number of nitrogens with zero attached hydrogens (tertiary/aromatic N) is 2. The number of thiazole rings is 1. The SMILES string of the molecule is O=C(CSc1ccc(Cl)cn1)Nc1nc2ccc(F)cc2s1. The number of nitrogens with one attached hydrogen (secondary N) is 1. The number of thioether (sulfide) groups is 1. The van der Waals surface area contributed by atoms with Gasteiger partial charge in [0.2, 0.25) is 5.91 Å². The van der Waals surface area contributed by atoms with Crippen molar-refractivity contribution in [3.63, 3.8) is 0 Å². The van der Waals surface area contributed by atoms with Gasteiger partial charge in [-0.25, -0.2) is 14.4 Å². The second kappa shape index (κ2) is 6.60. The molecule has 0 aliphatic heterocycles. The summed E-state index contributed by atoms with van der Waals surface area (Å²) < 4.78 is 13.8. The Kier molecular flexibility index (Phi) is 4.56. The maximum Gasteiger partial charge on any atom is 0.236 e. The second-order valence-electron chi connectivity index (χ2n) is 4.28. The van der Waals surface area contributed by atoms with E-state index in [0.29, 0.717) is 25.4 Å². The summed E-state index contributed by atoms with van der Waals surface area (Å²) in [4.78, 5) is 20.2. The third-order valence-electron chi connectivity index (χ3n) is 2.65. The highest BCUT2D eigenvalue weighted by Crippen LogP contribution is 2.26. The van der Waals surface area contributed by atoms with E-state index < -0.39 is 0 Å². The fraction of sp³-hybridized carbons (Fsp3) is 0.0714. The molecule has 4 nitrogen and oxygen atoms in total. The Morgan fingerprint density at radius 2 is 2.23 bits per heavy atom. The summed E-state index contributed by atoms with van der Waals surface area (Å²) in [5, 5.41) is 4.42. The van der Waals surface area contributed by atoms with Gasteiger partial charge in [-0.15, -0.1) is 0 Å². The third-order valence-corrected chi connectivity index (χ3v) is 4.75. The Morgan fingerprint density at radius 3 is 3.00 bits per heavy atom. The first kappa shape index (κ1) is 15.2. The van der Waals surface area contributed by atoms with Gasteiger partial charge in [0.1, 0.15) is 5.82 Å². The van der Waals surface area contributed by atoms with E-state index in [2.05, 4.69) is 15.3 Å². The normalized spacial score (nSPS) is 10.8. The summed E-state index contributed by atoms with van der Waals surface area (Å²) in [7, 11) is 0. The highest BCUT2D eigenvalue weighted by Gasteiger charge is 2.09. The van der Waals surface area contributed by atoms with Crippen LogP contribution in [0.5, 0.6) is 0 Å². The van der Waals surface area contributed by atoms with Gasteiger partial charge in [-0.1, -0.05) is 34.7 Å². The standard InChI is InChI=1S/C14H9ClFN3OS2/c15-8-1-4-13(17-6-8)21-7-12(20)19-14-18-10-3-2-9(16)5-11(10)22-14/h1-6H,7H2,(H,18,19,20). The monoisotopic (exact) mass is 353 g/mol. The lowest BCUT2D eigenvalue weighted by Gasteiger charge is -2.01. The number of anilines is 1. The first-order valence-electron chi connectivity index (χ1n) is 6.20. The molecule has 0 spiro atoms. The summed E-state index contributed by atoms with van der Waals surface area (Å²) in [5.41, 5.74) is 0.661. The van der Waals surface area contributed by atoms with E-state index in [1.54, 1.807) is 18.2 Å². The molecule has 3 aromatic rings. The van der Waals surface area contributed by atoms with Gasteiger partial charge < -0.3 is 5.32 Å². The maximum absolute atomic E-state index is 13.1. The average Bonchev–Trinajstić information content (AvgIpc) is 2.88. The van der Waals surface area contributed by atoms with Crippen LogP contribution in [0.4, 0.5) is 9.52 Å². The molecule has 0 radical (unpaired) electrons. The zero-order valence-corrected chi connectivity index (χ0v) is 13.4. The van der Waals surface area contributed by atoms with Crippen molar-refractivity contribution >= 4 is 56.0 Å². The van der Waals surface area contributed by atoms with Crippen LogP contribution in [0.2, 0.25) is 5.02 Å². The Bertz CT molecular complexity index is 823. The van der Waals surface area contributed by atoms with Crippen LogP contribution in [0.3, 0.4) is 0 Å². The first-order chi connectivity index (χ1) is 10.6. The number of pyridine rings is 1. The molecule has 1 aromatic carbocycles. The van der Waals surface area contributed by atoms with Gasteiger partial charge in [0.05, 0.1) is 26.0 Å². The van der Waals surface area contributed by atoms with Crippen molar-refractivity contribution in [1.82, 2.24) is 9.97 Å². The van der Waals surface area contributed by atoms with E-state index >= 15 is 0 Å². The molecule has 0 saturated carbocycles. The van der Waals surface area contributed by atoms with Crippen molar-refractivity contribution < 1.29 is 9.18 Å². The van der Waals surface area contributed by atoms with Crippen molar-refractivity contribution in [3.8, 4) is 0 Å². The molecule has 0 unspecified atom stereocenters. The number of hydrogen-bond donors (Lipinski definition) is 1. The Balaban J connectivity index is 1.61. The van der Waals surface area contributed by atoms with Gasteiger partial charge in [0.15, 0.2) is 5.13 Å². The minimum atomic E-state index is -0.321. The smallest absolute Gasteiger partial charge is 0.236 e. The minimum absolute atomic E-state index is 0.193. The lowest BCUT2D eigenvalue weighted by atomic mass is 10.3. The van der Waals surface area contributed by atoms with Crippen molar-refractivity contribution in [2.24, 2.45) is 0 Å². The number of carbonyl (C=O) groups excluding carboxylic acids is 1. The van der Waals surface area contributed by atoms with E-state index in [1.165, 1.54) is 41.4 Å². The highest BCUT2D eigenvalue weighted by molar-refractivity contribution is 7.99. The summed E-state index contributed by atoms with van der Waals surface area (Å²) in [5.74, 6) is -0.307. The lowest BCUT2D eigenvalue weighted by Crippen LogP contribution is -2.13. The molecular weight excluding hydrogens is 345 g/mol. The van der Waals surface area contributed by atoms with E-state index in [1.807, 2.05) is 0 Å². The fourth-order valence-electron chi connectivity index (χ4n) is 1.69. The predicted octanol–water partition coefficient (Wildman–Crippen LogP) is 4.21. The summed E-state index contributed by atoms with van der Waals surface area (Å²) in [6, 6.07) is 7.80. The maximum atomic E-state index is 13.1. The molecule has 0 aliphatic rings. The molecule has 1 N–H and O–H groups in total. The Morgan fingerprint density at radius 1 is 1.36 bits per heavy atom. The van der Waals surface area contributed by atoms with Crippen LogP contribution in [0, 0.1) is 5.82 Å². The van der Waals surface area contributed by atoms with Crippen LogP contribution in [-0.4, -0.2) is 21.6 Å². The topological polar surface area (TPSA) is 54.9 Å². The van der Waals surface area contributed by atoms with Gasteiger partial charge in [0.25, 0.3) is 0 Å². The van der Waals surface area contributed by atoms with E-state index in [9.17, 15) is 9.18 Å². The zero-order valence-electron chi connectivity index (χ0n) is 11.0. The van der Waals surface area contributed by atoms with Crippen LogP contribution in [0.25, 0.3) is 10.2 Å². The molecule has 0 atom stereocenters. The average molecular weight is 354 g/mol. The highest BCUT2D eigenvalue weighted by atomic mass is 35.5. The molecular formula is C14H9ClFN3OS2. The lowest BCUT2D eigenvalue weighted by molar-refractivity contribution is -0.113. The molecule has 0 aliphatic carbocycles. The number of hydrogen-bond acceptors (Lipinski definition) is 5. The Labute approximate surface area is 138 Å². The molecule has 22 heavy (non-hydrogen) atoms. The summed E-state index contributed by atoms with van der Waals surface area (Å²) in [6.45, 7) is 0. The van der Waals surface area contributed by atoms with Crippen LogP contribution < -0.4 is 5.32 Å². The van der Waals surface area contributed by atoms with Gasteiger partial charge in [-0.3, -0.25) is 4.79 Å². The summed E-state index contributed by atoms with van der Waals surface area (Å²) in [6.07, 6.45) is 1.53. The van der Waals surface area contributed by atoms with Gasteiger partial charge >= 0.3 is 0 Å². The van der Waals surface area contributed by atoms with Crippen molar-refractivity contribution in [2.45, 2.75) is 5.03 Å². The van der Waals surface area contributed by atoms with Gasteiger partial charge in [0, 0.05) is 6.20 Å². The number of rotatable bonds is 4. The number of amides is 1. The quantitative estimate of drug-likeness (QED) is 0.714. The van der Waals surface area contributed by atoms with Crippen LogP contribution in [0.1, 0.15) is 0 Å². The van der Waals surface area contributed by atoms with Crippen molar-refractivity contribution in [1.29, 1.82) is 0 Å². The van der Waals surface area contributed by atoms with E-state index in [-0.39, 0.29) is 17.5 Å². The van der Waals surface area contributed by atoms with E-state index in [4.69, 9.17) is 11.6 Å². The second-order valence-corrected chi connectivity index (χ2v) is 6.75. The number of carbonyl (C=O) groups is 1. The largest absolute Gasteiger partial charge is 0.301 e. The predicted molar refractivity (Wildman–Crippen MR) is 88.2 cm³/mol. The number of benzene rings is 1. The molecule has 8 heteroatoms. The molecule has 112 valence electrons. The fourth-order valence-corrected chi connectivity index (χ4v) is 3.36. The number of fused-ring (bicyclic) bond motifs is 1.